The van der Waals surface area contributed by atoms with Gasteiger partial charge in [0, 0.05) is 31.6 Å². The molecule has 0 amide bonds. The minimum absolute atomic E-state index is 0.141. The highest BCUT2D eigenvalue weighted by Gasteiger charge is 2.25. The van der Waals surface area contributed by atoms with Crippen LogP contribution in [-0.2, 0) is 4.74 Å². The number of benzene rings is 1. The molecule has 2 aromatic rings. The summed E-state index contributed by atoms with van der Waals surface area (Å²) in [4.78, 5) is 6.50. The van der Waals surface area contributed by atoms with E-state index in [1.54, 1.807) is 6.92 Å². The molecule has 0 N–H and O–H groups in total. The van der Waals surface area contributed by atoms with Gasteiger partial charge in [0.15, 0.2) is 0 Å². The molecule has 1 fully saturated rings. The van der Waals surface area contributed by atoms with Crippen LogP contribution < -0.4 is 4.74 Å². The van der Waals surface area contributed by atoms with E-state index < -0.39 is 0 Å². The number of hydrogen-bond acceptors (Lipinski definition) is 6. The normalized spacial score (nSPS) is 19.3. The molecule has 0 radical (unpaired) electrons. The summed E-state index contributed by atoms with van der Waals surface area (Å²) in [6.07, 6.45) is -0.141. The quantitative estimate of drug-likeness (QED) is 0.842. The zero-order valence-corrected chi connectivity index (χ0v) is 13.1. The standard InChI is InChI=1S/C15H18ClN3O3/c1-11-17-15(18-22-11)14-10-19(6-8-21-14)5-7-20-13-4-2-3-12(16)9-13/h2-4,9,14H,5-8,10H2,1H3/t14-/m1/s1. The van der Waals surface area contributed by atoms with Crippen LogP contribution in [0.4, 0.5) is 0 Å². The Morgan fingerprint density at radius 2 is 2.36 bits per heavy atom. The van der Waals surface area contributed by atoms with Crippen molar-refractivity contribution in [1.82, 2.24) is 15.0 Å². The maximum atomic E-state index is 5.93. The fraction of sp³-hybridized carbons (Fsp3) is 0.467. The molecule has 1 saturated heterocycles. The Bertz CT molecular complexity index is 620. The molecule has 1 aliphatic heterocycles. The lowest BCUT2D eigenvalue weighted by Crippen LogP contribution is -2.40. The summed E-state index contributed by atoms with van der Waals surface area (Å²) in [5.74, 6) is 1.95. The van der Waals surface area contributed by atoms with Crippen molar-refractivity contribution in [2.75, 3.05) is 32.8 Å². The number of morpholine rings is 1. The van der Waals surface area contributed by atoms with Crippen molar-refractivity contribution < 1.29 is 14.0 Å². The van der Waals surface area contributed by atoms with E-state index in [2.05, 4.69) is 15.0 Å². The number of rotatable bonds is 5. The fourth-order valence-electron chi connectivity index (χ4n) is 2.36. The average molecular weight is 324 g/mol. The second-order valence-corrected chi connectivity index (χ2v) is 5.57. The van der Waals surface area contributed by atoms with Gasteiger partial charge in [0.2, 0.25) is 11.7 Å². The molecule has 6 nitrogen and oxygen atoms in total. The lowest BCUT2D eigenvalue weighted by atomic mass is 10.2. The number of nitrogens with zero attached hydrogens (tertiary/aromatic N) is 3. The molecular formula is C15H18ClN3O3. The van der Waals surface area contributed by atoms with Crippen molar-refractivity contribution in [3.8, 4) is 5.75 Å². The number of ether oxygens (including phenoxy) is 2. The summed E-state index contributed by atoms with van der Waals surface area (Å²) in [5.41, 5.74) is 0. The Kier molecular flexibility index (Phi) is 4.92. The second-order valence-electron chi connectivity index (χ2n) is 5.14. The predicted molar refractivity (Wildman–Crippen MR) is 81.1 cm³/mol. The van der Waals surface area contributed by atoms with Crippen LogP contribution in [0.15, 0.2) is 28.8 Å². The first-order valence-corrected chi connectivity index (χ1v) is 7.61. The van der Waals surface area contributed by atoms with E-state index in [0.29, 0.717) is 30.0 Å². The summed E-state index contributed by atoms with van der Waals surface area (Å²) >= 11 is 5.93. The van der Waals surface area contributed by atoms with Crippen LogP contribution in [-0.4, -0.2) is 47.9 Å². The molecule has 1 aromatic heterocycles. The lowest BCUT2D eigenvalue weighted by molar-refractivity contribution is -0.0379. The van der Waals surface area contributed by atoms with Crippen LogP contribution >= 0.6 is 11.6 Å². The Hall–Kier alpha value is -1.63. The minimum atomic E-state index is -0.141. The maximum Gasteiger partial charge on any atom is 0.223 e. The van der Waals surface area contributed by atoms with Crippen molar-refractivity contribution in [2.24, 2.45) is 0 Å². The number of aryl methyl sites for hydroxylation is 1. The highest BCUT2D eigenvalue weighted by molar-refractivity contribution is 6.30. The zero-order valence-electron chi connectivity index (χ0n) is 12.4. The number of aromatic nitrogens is 2. The van der Waals surface area contributed by atoms with Gasteiger partial charge in [-0.25, -0.2) is 0 Å². The van der Waals surface area contributed by atoms with Crippen LogP contribution in [0.25, 0.3) is 0 Å². The Balaban J connectivity index is 1.48. The summed E-state index contributed by atoms with van der Waals surface area (Å²) < 4.78 is 16.4. The van der Waals surface area contributed by atoms with Gasteiger partial charge < -0.3 is 14.0 Å². The van der Waals surface area contributed by atoms with Crippen LogP contribution in [0, 0.1) is 6.92 Å². The van der Waals surface area contributed by atoms with Gasteiger partial charge in [-0.2, -0.15) is 4.98 Å². The zero-order chi connectivity index (χ0) is 15.4. The topological polar surface area (TPSA) is 60.6 Å². The first kappa shape index (κ1) is 15.3. The van der Waals surface area contributed by atoms with Crippen molar-refractivity contribution in [3.63, 3.8) is 0 Å². The molecular weight excluding hydrogens is 306 g/mol. The SMILES string of the molecule is Cc1nc([C@H]2CN(CCOc3cccc(Cl)c3)CCO2)no1. The summed E-state index contributed by atoms with van der Waals surface area (Å²) in [6.45, 7) is 5.43. The molecule has 0 unspecified atom stereocenters. The van der Waals surface area contributed by atoms with Gasteiger partial charge >= 0.3 is 0 Å². The van der Waals surface area contributed by atoms with Crippen LogP contribution in [0.2, 0.25) is 5.02 Å². The van der Waals surface area contributed by atoms with Crippen molar-refractivity contribution >= 4 is 11.6 Å². The molecule has 0 spiro atoms. The van der Waals surface area contributed by atoms with Gasteiger partial charge in [0.25, 0.3) is 0 Å². The molecule has 1 atom stereocenters. The van der Waals surface area contributed by atoms with Crippen LogP contribution in [0.3, 0.4) is 0 Å². The van der Waals surface area contributed by atoms with Crippen molar-refractivity contribution in [2.45, 2.75) is 13.0 Å². The third kappa shape index (κ3) is 3.97. The Morgan fingerprint density at radius 1 is 1.45 bits per heavy atom. The molecule has 3 rings (SSSR count). The van der Waals surface area contributed by atoms with E-state index >= 15 is 0 Å². The van der Waals surface area contributed by atoms with Crippen LogP contribution in [0.5, 0.6) is 5.75 Å². The van der Waals surface area contributed by atoms with Gasteiger partial charge in [-0.1, -0.05) is 22.8 Å². The summed E-state index contributed by atoms with van der Waals surface area (Å²) in [5, 5.41) is 4.61. The number of halogens is 1. The third-order valence-electron chi connectivity index (χ3n) is 3.45. The van der Waals surface area contributed by atoms with E-state index in [1.165, 1.54) is 0 Å². The Morgan fingerprint density at radius 3 is 3.14 bits per heavy atom. The molecule has 2 heterocycles. The molecule has 22 heavy (non-hydrogen) atoms. The fourth-order valence-corrected chi connectivity index (χ4v) is 2.54. The molecule has 7 heteroatoms. The summed E-state index contributed by atoms with van der Waals surface area (Å²) in [7, 11) is 0. The molecule has 1 aromatic carbocycles. The van der Waals surface area contributed by atoms with Crippen molar-refractivity contribution in [3.05, 3.63) is 41.0 Å². The minimum Gasteiger partial charge on any atom is -0.492 e. The Labute approximate surface area is 134 Å². The average Bonchev–Trinajstić information content (AvgIpc) is 2.94. The smallest absolute Gasteiger partial charge is 0.223 e. The van der Waals surface area contributed by atoms with Gasteiger partial charge in [-0.15, -0.1) is 0 Å². The number of hydrogen-bond donors (Lipinski definition) is 0. The highest BCUT2D eigenvalue weighted by Crippen LogP contribution is 2.20. The molecule has 0 bridgehead atoms. The van der Waals surface area contributed by atoms with E-state index in [9.17, 15) is 0 Å². The first-order valence-electron chi connectivity index (χ1n) is 7.23. The lowest BCUT2D eigenvalue weighted by Gasteiger charge is -2.31. The summed E-state index contributed by atoms with van der Waals surface area (Å²) in [6, 6.07) is 7.41. The van der Waals surface area contributed by atoms with Crippen molar-refractivity contribution in [1.29, 1.82) is 0 Å². The monoisotopic (exact) mass is 323 g/mol. The van der Waals surface area contributed by atoms with Gasteiger partial charge in [-0.3, -0.25) is 4.90 Å². The van der Waals surface area contributed by atoms with E-state index in [-0.39, 0.29) is 6.10 Å². The first-order chi connectivity index (χ1) is 10.7. The molecule has 0 saturated carbocycles. The molecule has 0 aliphatic carbocycles. The molecule has 1 aliphatic rings. The highest BCUT2D eigenvalue weighted by atomic mass is 35.5. The van der Waals surface area contributed by atoms with Gasteiger partial charge in [0.1, 0.15) is 18.5 Å². The van der Waals surface area contributed by atoms with Gasteiger partial charge in [-0.05, 0) is 18.2 Å². The second kappa shape index (κ2) is 7.09. The van der Waals surface area contributed by atoms with E-state index in [4.69, 9.17) is 25.6 Å². The predicted octanol–water partition coefficient (Wildman–Crippen LogP) is 2.48. The molecule has 118 valence electrons. The van der Waals surface area contributed by atoms with Crippen LogP contribution in [0.1, 0.15) is 17.8 Å². The largest absolute Gasteiger partial charge is 0.492 e. The van der Waals surface area contributed by atoms with E-state index in [0.717, 1.165) is 25.4 Å². The maximum absolute atomic E-state index is 5.93. The van der Waals surface area contributed by atoms with E-state index in [1.807, 2.05) is 24.3 Å². The third-order valence-corrected chi connectivity index (χ3v) is 3.69. The van der Waals surface area contributed by atoms with Gasteiger partial charge in [0.05, 0.1) is 6.61 Å².